The number of carbonyl (C=O) groups excluding carboxylic acids is 1. The fourth-order valence-corrected chi connectivity index (χ4v) is 8.71. The van der Waals surface area contributed by atoms with Crippen LogP contribution < -0.4 is 4.43 Å². The van der Waals surface area contributed by atoms with Crippen molar-refractivity contribution < 1.29 is 18.0 Å². The summed E-state index contributed by atoms with van der Waals surface area (Å²) in [6.45, 7) is 12.5. The zero-order valence-electron chi connectivity index (χ0n) is 14.2. The maximum atomic E-state index is 14.5. The van der Waals surface area contributed by atoms with E-state index < -0.39 is 20.0 Å². The summed E-state index contributed by atoms with van der Waals surface area (Å²) in [6, 6.07) is 2.15. The number of hydrogen-bond donors (Lipinski definition) is 0. The molecule has 0 spiro atoms. The van der Waals surface area contributed by atoms with Crippen LogP contribution in [0.5, 0.6) is 5.75 Å². The number of hydrogen-bond acceptors (Lipinski definition) is 2. The fourth-order valence-electron chi connectivity index (χ4n) is 3.47. The second-order valence-electron chi connectivity index (χ2n) is 6.67. The second-order valence-corrected chi connectivity index (χ2v) is 12.0. The lowest BCUT2D eigenvalue weighted by Gasteiger charge is -2.42. The summed E-state index contributed by atoms with van der Waals surface area (Å²) in [7, 11) is -2.36. The number of aldehydes is 1. The molecule has 0 aliphatic rings. The van der Waals surface area contributed by atoms with E-state index >= 15 is 0 Å². The molecule has 0 bridgehead atoms. The molecule has 0 atom stereocenters. The third-order valence-electron chi connectivity index (χ3n) is 4.38. The molecular weight excluding hydrogens is 302 g/mol. The molecule has 1 aromatic rings. The molecule has 0 amide bonds. The second kappa shape index (κ2) is 7.35. The highest BCUT2D eigenvalue weighted by Gasteiger charge is 2.47. The molecular formula is C17H26F2O2Si. The van der Waals surface area contributed by atoms with Gasteiger partial charge in [-0.05, 0) is 22.7 Å². The summed E-state index contributed by atoms with van der Waals surface area (Å²) >= 11 is 0. The Hall–Kier alpha value is -1.23. The van der Waals surface area contributed by atoms with Gasteiger partial charge in [0, 0.05) is 18.1 Å². The summed E-state index contributed by atoms with van der Waals surface area (Å²) in [4.78, 5) is 10.6. The average molecular weight is 328 g/mol. The Labute approximate surface area is 133 Å². The monoisotopic (exact) mass is 328 g/mol. The van der Waals surface area contributed by atoms with Gasteiger partial charge in [-0.2, -0.15) is 0 Å². The van der Waals surface area contributed by atoms with Gasteiger partial charge in [0.25, 0.3) is 8.32 Å². The van der Waals surface area contributed by atoms with Crippen LogP contribution >= 0.6 is 0 Å². The van der Waals surface area contributed by atoms with Crippen molar-refractivity contribution in [1.82, 2.24) is 0 Å². The third kappa shape index (κ3) is 3.56. The first-order valence-electron chi connectivity index (χ1n) is 7.77. The van der Waals surface area contributed by atoms with Crippen LogP contribution in [0.25, 0.3) is 0 Å². The summed E-state index contributed by atoms with van der Waals surface area (Å²) < 4.78 is 34.5. The van der Waals surface area contributed by atoms with Gasteiger partial charge in [-0.25, -0.2) is 8.78 Å². The molecule has 0 heterocycles. The number of benzene rings is 1. The van der Waals surface area contributed by atoms with Gasteiger partial charge >= 0.3 is 0 Å². The lowest BCUT2D eigenvalue weighted by molar-refractivity contribution is -0.107. The predicted octanol–water partition coefficient (Wildman–Crippen LogP) is 5.26. The first-order chi connectivity index (χ1) is 10.2. The van der Waals surface area contributed by atoms with Gasteiger partial charge in [0.2, 0.25) is 0 Å². The van der Waals surface area contributed by atoms with Crippen LogP contribution in [0.3, 0.4) is 0 Å². The summed E-state index contributed by atoms with van der Waals surface area (Å²) in [5.74, 6) is -1.25. The van der Waals surface area contributed by atoms with Crippen LogP contribution in [-0.2, 0) is 11.2 Å². The van der Waals surface area contributed by atoms with Crippen LogP contribution in [0.4, 0.5) is 8.78 Å². The van der Waals surface area contributed by atoms with Gasteiger partial charge < -0.3 is 9.22 Å². The van der Waals surface area contributed by atoms with E-state index in [-0.39, 0.29) is 34.4 Å². The van der Waals surface area contributed by atoms with Gasteiger partial charge in [-0.15, -0.1) is 0 Å². The zero-order valence-corrected chi connectivity index (χ0v) is 15.2. The minimum atomic E-state index is -2.36. The van der Waals surface area contributed by atoms with Crippen molar-refractivity contribution >= 4 is 14.6 Å². The number of carbonyl (C=O) groups is 1. The number of halogens is 2. The first-order valence-corrected chi connectivity index (χ1v) is 9.91. The molecule has 0 aliphatic carbocycles. The molecule has 1 rings (SSSR count). The van der Waals surface area contributed by atoms with Gasteiger partial charge in [0.05, 0.1) is 0 Å². The lowest BCUT2D eigenvalue weighted by atomic mass is 10.1. The molecule has 0 aromatic heterocycles. The van der Waals surface area contributed by atoms with Crippen LogP contribution in [0, 0.1) is 11.6 Å². The van der Waals surface area contributed by atoms with E-state index in [9.17, 15) is 13.6 Å². The van der Waals surface area contributed by atoms with Crippen molar-refractivity contribution in [3.05, 3.63) is 29.3 Å². The Bertz CT molecular complexity index is 506. The molecule has 5 heteroatoms. The van der Waals surface area contributed by atoms with Crippen molar-refractivity contribution in [2.24, 2.45) is 0 Å². The Morgan fingerprint density at radius 3 is 1.95 bits per heavy atom. The highest BCUT2D eigenvalue weighted by Crippen LogP contribution is 2.43. The molecule has 1 aromatic carbocycles. The van der Waals surface area contributed by atoms with Crippen molar-refractivity contribution in [3.63, 3.8) is 0 Å². The predicted molar refractivity (Wildman–Crippen MR) is 87.8 cm³/mol. The lowest BCUT2D eigenvalue weighted by Crippen LogP contribution is -2.51. The first kappa shape index (κ1) is 18.8. The molecule has 2 nitrogen and oxygen atoms in total. The molecule has 22 heavy (non-hydrogen) atoms. The molecule has 0 fully saturated rings. The standard InChI is InChI=1S/C17H26F2O2Si/c1-11(2)22(12(3)4,13(5)6)21-16-10-15(18)9-14(7-8-20)17(16)19/h8-13H,7H2,1-6H3. The molecule has 0 saturated heterocycles. The molecule has 0 aliphatic heterocycles. The summed E-state index contributed by atoms with van der Waals surface area (Å²) in [5, 5.41) is 0. The van der Waals surface area contributed by atoms with Crippen molar-refractivity contribution in [2.75, 3.05) is 0 Å². The summed E-state index contributed by atoms with van der Waals surface area (Å²) in [6.07, 6.45) is 0.416. The molecule has 0 unspecified atom stereocenters. The Kier molecular flexibility index (Phi) is 6.29. The Balaban J connectivity index is 3.38. The smallest absolute Gasteiger partial charge is 0.258 e. The highest BCUT2D eigenvalue weighted by atomic mass is 28.4. The van der Waals surface area contributed by atoms with Crippen LogP contribution in [0.1, 0.15) is 47.1 Å². The normalized spacial score (nSPS) is 12.3. The van der Waals surface area contributed by atoms with E-state index in [0.717, 1.165) is 12.1 Å². The van der Waals surface area contributed by atoms with Crippen molar-refractivity contribution in [2.45, 2.75) is 64.6 Å². The SMILES string of the molecule is CC(C)[Si](Oc1cc(F)cc(CC=O)c1F)(C(C)C)C(C)C. The molecule has 0 N–H and O–H groups in total. The Morgan fingerprint density at radius 2 is 1.55 bits per heavy atom. The Morgan fingerprint density at radius 1 is 1.05 bits per heavy atom. The molecule has 0 radical (unpaired) electrons. The van der Waals surface area contributed by atoms with Gasteiger partial charge in [-0.3, -0.25) is 0 Å². The largest absolute Gasteiger partial charge is 0.541 e. The third-order valence-corrected chi connectivity index (χ3v) is 10.4. The summed E-state index contributed by atoms with van der Waals surface area (Å²) in [5.41, 5.74) is 0.809. The van der Waals surface area contributed by atoms with Gasteiger partial charge in [0.1, 0.15) is 17.9 Å². The van der Waals surface area contributed by atoms with Gasteiger partial charge in [0.15, 0.2) is 5.82 Å². The average Bonchev–Trinajstić information content (AvgIpc) is 2.39. The molecule has 0 saturated carbocycles. The van der Waals surface area contributed by atoms with E-state index in [0.29, 0.717) is 6.29 Å². The van der Waals surface area contributed by atoms with Crippen LogP contribution in [0.2, 0.25) is 16.6 Å². The van der Waals surface area contributed by atoms with Crippen LogP contribution in [0.15, 0.2) is 12.1 Å². The van der Waals surface area contributed by atoms with E-state index in [2.05, 4.69) is 41.5 Å². The highest BCUT2D eigenvalue weighted by molar-refractivity contribution is 6.78. The van der Waals surface area contributed by atoms with Crippen molar-refractivity contribution in [3.8, 4) is 5.75 Å². The van der Waals surface area contributed by atoms with Crippen LogP contribution in [-0.4, -0.2) is 14.6 Å². The fraction of sp³-hybridized carbons (Fsp3) is 0.588. The van der Waals surface area contributed by atoms with E-state index in [1.807, 2.05) is 0 Å². The van der Waals surface area contributed by atoms with E-state index in [4.69, 9.17) is 4.43 Å². The molecule has 124 valence electrons. The minimum absolute atomic E-state index is 0.0455. The minimum Gasteiger partial charge on any atom is -0.541 e. The van der Waals surface area contributed by atoms with Crippen molar-refractivity contribution in [1.29, 1.82) is 0 Å². The van der Waals surface area contributed by atoms with Gasteiger partial charge in [-0.1, -0.05) is 41.5 Å². The zero-order chi connectivity index (χ0) is 17.1. The topological polar surface area (TPSA) is 26.3 Å². The van der Waals surface area contributed by atoms with E-state index in [1.54, 1.807) is 0 Å². The quantitative estimate of drug-likeness (QED) is 0.504. The number of rotatable bonds is 7. The maximum absolute atomic E-state index is 14.5. The van der Waals surface area contributed by atoms with E-state index in [1.165, 1.54) is 0 Å². The maximum Gasteiger partial charge on any atom is 0.258 e.